The Morgan fingerprint density at radius 1 is 1.10 bits per heavy atom. The number of rotatable bonds is 7. The summed E-state index contributed by atoms with van der Waals surface area (Å²) in [6, 6.07) is 14.1. The van der Waals surface area contributed by atoms with E-state index < -0.39 is 10.0 Å². The zero-order valence-corrected chi connectivity index (χ0v) is 18.0. The fraction of sp³-hybridized carbons (Fsp3) is 0.100. The summed E-state index contributed by atoms with van der Waals surface area (Å²) < 4.78 is 26.7. The van der Waals surface area contributed by atoms with Gasteiger partial charge in [-0.15, -0.1) is 11.3 Å². The molecule has 0 unspecified atom stereocenters. The molecule has 0 aliphatic heterocycles. The maximum absolute atomic E-state index is 12.5. The highest BCUT2D eigenvalue weighted by Crippen LogP contribution is 2.26. The van der Waals surface area contributed by atoms with E-state index in [1.54, 1.807) is 47.4 Å². The molecule has 2 aromatic carbocycles. The van der Waals surface area contributed by atoms with Gasteiger partial charge in [0.05, 0.1) is 18.5 Å². The molecular formula is C20H18N6O3S2. The molecule has 2 N–H and O–H groups in total. The Hall–Kier alpha value is -3.57. The van der Waals surface area contributed by atoms with Gasteiger partial charge in [0.1, 0.15) is 12.7 Å². The van der Waals surface area contributed by atoms with Gasteiger partial charge in [-0.3, -0.25) is 14.8 Å². The summed E-state index contributed by atoms with van der Waals surface area (Å²) in [5.41, 5.74) is 3.51. The summed E-state index contributed by atoms with van der Waals surface area (Å²) in [6.45, 7) is 0.580. The summed E-state index contributed by atoms with van der Waals surface area (Å²) in [5.74, 6) is -0.249. The largest absolute Gasteiger partial charge is 0.298 e. The van der Waals surface area contributed by atoms with Crippen LogP contribution in [0.3, 0.4) is 0 Å². The number of anilines is 2. The second-order valence-electron chi connectivity index (χ2n) is 6.73. The van der Waals surface area contributed by atoms with Crippen molar-refractivity contribution in [1.29, 1.82) is 0 Å². The van der Waals surface area contributed by atoms with Crippen LogP contribution in [0.5, 0.6) is 0 Å². The van der Waals surface area contributed by atoms with Gasteiger partial charge >= 0.3 is 0 Å². The maximum Gasteiger partial charge on any atom is 0.257 e. The van der Waals surface area contributed by atoms with Crippen LogP contribution in [0.2, 0.25) is 0 Å². The highest BCUT2D eigenvalue weighted by molar-refractivity contribution is 7.92. The molecule has 1 amide bonds. The normalized spacial score (nSPS) is 11.3. The third-order valence-electron chi connectivity index (χ3n) is 4.24. The number of benzene rings is 2. The molecule has 0 aliphatic rings. The monoisotopic (exact) mass is 454 g/mol. The van der Waals surface area contributed by atoms with Crippen molar-refractivity contribution < 1.29 is 13.2 Å². The van der Waals surface area contributed by atoms with Crippen LogP contribution >= 0.6 is 11.3 Å². The first kappa shape index (κ1) is 20.7. The molecule has 0 atom stereocenters. The number of nitrogens with zero attached hydrogens (tertiary/aromatic N) is 4. The van der Waals surface area contributed by atoms with E-state index in [0.717, 1.165) is 17.4 Å². The van der Waals surface area contributed by atoms with Crippen LogP contribution < -0.4 is 10.0 Å². The van der Waals surface area contributed by atoms with Gasteiger partial charge in [-0.1, -0.05) is 24.3 Å². The van der Waals surface area contributed by atoms with Gasteiger partial charge in [0.25, 0.3) is 5.91 Å². The lowest BCUT2D eigenvalue weighted by Crippen LogP contribution is -2.11. The van der Waals surface area contributed by atoms with Gasteiger partial charge in [0, 0.05) is 22.2 Å². The molecule has 4 rings (SSSR count). The second kappa shape index (κ2) is 8.66. The number of nitrogens with one attached hydrogen (secondary N) is 2. The van der Waals surface area contributed by atoms with Crippen molar-refractivity contribution in [1.82, 2.24) is 19.7 Å². The smallest absolute Gasteiger partial charge is 0.257 e. The number of amides is 1. The zero-order valence-electron chi connectivity index (χ0n) is 16.4. The first-order valence-corrected chi connectivity index (χ1v) is 11.9. The topological polar surface area (TPSA) is 119 Å². The van der Waals surface area contributed by atoms with Crippen molar-refractivity contribution >= 4 is 38.1 Å². The molecule has 0 radical (unpaired) electrons. The lowest BCUT2D eigenvalue weighted by molar-refractivity contribution is 0.102. The molecule has 158 valence electrons. The number of hydrogen-bond donors (Lipinski definition) is 2. The molecule has 2 heterocycles. The summed E-state index contributed by atoms with van der Waals surface area (Å²) >= 11 is 1.31. The summed E-state index contributed by atoms with van der Waals surface area (Å²) in [7, 11) is -3.32. The Bertz CT molecular complexity index is 1280. The van der Waals surface area contributed by atoms with Gasteiger partial charge in [-0.25, -0.2) is 23.1 Å². The average Bonchev–Trinajstić information content (AvgIpc) is 3.40. The Morgan fingerprint density at radius 3 is 2.48 bits per heavy atom. The predicted molar refractivity (Wildman–Crippen MR) is 120 cm³/mol. The molecule has 0 bridgehead atoms. The summed E-state index contributed by atoms with van der Waals surface area (Å²) in [5, 5.41) is 9.17. The van der Waals surface area contributed by atoms with Crippen LogP contribution in [0.15, 0.2) is 66.6 Å². The Balaban J connectivity index is 1.39. The van der Waals surface area contributed by atoms with E-state index in [0.29, 0.717) is 28.6 Å². The van der Waals surface area contributed by atoms with Gasteiger partial charge in [-0.2, -0.15) is 5.10 Å². The van der Waals surface area contributed by atoms with E-state index in [4.69, 9.17) is 0 Å². The van der Waals surface area contributed by atoms with Crippen molar-refractivity contribution in [2.24, 2.45) is 0 Å². The highest BCUT2D eigenvalue weighted by Gasteiger charge is 2.11. The molecule has 9 nitrogen and oxygen atoms in total. The highest BCUT2D eigenvalue weighted by atomic mass is 32.2. The van der Waals surface area contributed by atoms with Gasteiger partial charge in [0.2, 0.25) is 10.0 Å². The molecule has 31 heavy (non-hydrogen) atoms. The van der Waals surface area contributed by atoms with Crippen LogP contribution in [-0.4, -0.2) is 40.3 Å². The quantitative estimate of drug-likeness (QED) is 0.443. The molecule has 11 heteroatoms. The number of thiazole rings is 1. The molecule has 0 fully saturated rings. The summed E-state index contributed by atoms with van der Waals surface area (Å²) in [4.78, 5) is 20.9. The van der Waals surface area contributed by atoms with E-state index in [-0.39, 0.29) is 5.91 Å². The predicted octanol–water partition coefficient (Wildman–Crippen LogP) is 3.07. The van der Waals surface area contributed by atoms with E-state index >= 15 is 0 Å². The first-order chi connectivity index (χ1) is 14.9. The van der Waals surface area contributed by atoms with E-state index in [1.165, 1.54) is 17.7 Å². The van der Waals surface area contributed by atoms with Crippen LogP contribution in [0.4, 0.5) is 10.8 Å². The molecular weight excluding hydrogens is 436 g/mol. The standard InChI is InChI=1S/C20H18N6O3S2/c1-31(28,29)25-17-8-6-15(7-9-17)18-11-30-20(23-18)24-19(27)16-4-2-14(3-5-16)10-26-13-21-12-22-26/h2-9,11-13,25H,10H2,1H3,(H,23,24,27). The van der Waals surface area contributed by atoms with E-state index in [2.05, 4.69) is 25.1 Å². The number of carbonyl (C=O) groups excluding carboxylic acids is 1. The Morgan fingerprint density at radius 2 is 1.84 bits per heavy atom. The molecule has 0 saturated carbocycles. The van der Waals surface area contributed by atoms with Crippen LogP contribution in [0, 0.1) is 0 Å². The number of hydrogen-bond acceptors (Lipinski definition) is 7. The van der Waals surface area contributed by atoms with Crippen molar-refractivity contribution in [3.63, 3.8) is 0 Å². The lowest BCUT2D eigenvalue weighted by Gasteiger charge is -2.05. The van der Waals surface area contributed by atoms with Crippen molar-refractivity contribution in [3.05, 3.63) is 77.7 Å². The van der Waals surface area contributed by atoms with Crippen LogP contribution in [-0.2, 0) is 16.6 Å². The van der Waals surface area contributed by atoms with Crippen LogP contribution in [0.1, 0.15) is 15.9 Å². The number of carbonyl (C=O) groups is 1. The van der Waals surface area contributed by atoms with Crippen molar-refractivity contribution in [2.75, 3.05) is 16.3 Å². The fourth-order valence-electron chi connectivity index (χ4n) is 2.82. The molecule has 2 aromatic heterocycles. The molecule has 4 aromatic rings. The minimum atomic E-state index is -3.32. The lowest BCUT2D eigenvalue weighted by atomic mass is 10.1. The third kappa shape index (κ3) is 5.53. The van der Waals surface area contributed by atoms with Gasteiger partial charge in [-0.05, 0) is 29.8 Å². The van der Waals surface area contributed by atoms with Crippen LogP contribution in [0.25, 0.3) is 11.3 Å². The minimum Gasteiger partial charge on any atom is -0.298 e. The Labute approximate surface area is 182 Å². The molecule has 0 saturated heterocycles. The molecule has 0 spiro atoms. The fourth-order valence-corrected chi connectivity index (χ4v) is 4.10. The zero-order chi connectivity index (χ0) is 21.8. The number of sulfonamides is 1. The van der Waals surface area contributed by atoms with Crippen molar-refractivity contribution in [2.45, 2.75) is 6.54 Å². The minimum absolute atomic E-state index is 0.249. The molecule has 0 aliphatic carbocycles. The third-order valence-corrected chi connectivity index (χ3v) is 5.60. The van der Waals surface area contributed by atoms with Gasteiger partial charge in [0.15, 0.2) is 5.13 Å². The van der Waals surface area contributed by atoms with Crippen molar-refractivity contribution in [3.8, 4) is 11.3 Å². The second-order valence-corrected chi connectivity index (χ2v) is 9.34. The summed E-state index contributed by atoms with van der Waals surface area (Å²) in [6.07, 6.45) is 4.21. The average molecular weight is 455 g/mol. The maximum atomic E-state index is 12.5. The van der Waals surface area contributed by atoms with Gasteiger partial charge < -0.3 is 0 Å². The first-order valence-electron chi connectivity index (χ1n) is 9.12. The number of aromatic nitrogens is 4. The van der Waals surface area contributed by atoms with E-state index in [1.807, 2.05) is 17.5 Å². The Kier molecular flexibility index (Phi) is 5.78. The SMILES string of the molecule is CS(=O)(=O)Nc1ccc(-c2csc(NC(=O)c3ccc(Cn4cncn4)cc3)n2)cc1. The van der Waals surface area contributed by atoms with E-state index in [9.17, 15) is 13.2 Å².